The molecule has 0 radical (unpaired) electrons. The van der Waals surface area contributed by atoms with E-state index in [-0.39, 0.29) is 16.7 Å². The topological polar surface area (TPSA) is 64.4 Å². The Labute approximate surface area is 122 Å². The van der Waals surface area contributed by atoms with E-state index < -0.39 is 0 Å². The van der Waals surface area contributed by atoms with Gasteiger partial charge in [-0.25, -0.2) is 0 Å². The average molecular weight is 284 g/mol. The molecule has 1 heterocycles. The summed E-state index contributed by atoms with van der Waals surface area (Å²) in [6.45, 7) is 0.841. The number of non-ortho nitro benzene ring substituents is 1. The number of fused-ring (bicyclic) bond motifs is 1. The Balaban J connectivity index is 2.02. The fourth-order valence-corrected chi connectivity index (χ4v) is 2.78. The predicted molar refractivity (Wildman–Crippen MR) is 79.6 cm³/mol. The molecule has 1 aliphatic rings. The van der Waals surface area contributed by atoms with E-state index in [4.69, 9.17) is 4.74 Å². The van der Waals surface area contributed by atoms with Gasteiger partial charge in [-0.1, -0.05) is 18.2 Å². The Hall–Kier alpha value is -2.40. The molecule has 0 aromatic heterocycles. The van der Waals surface area contributed by atoms with E-state index in [9.17, 15) is 10.1 Å². The van der Waals surface area contributed by atoms with Crippen LogP contribution in [-0.4, -0.2) is 18.6 Å². The van der Waals surface area contributed by atoms with E-state index in [1.165, 1.54) is 11.6 Å². The van der Waals surface area contributed by atoms with E-state index in [1.54, 1.807) is 19.2 Å². The summed E-state index contributed by atoms with van der Waals surface area (Å²) in [7, 11) is 1.65. The van der Waals surface area contributed by atoms with Gasteiger partial charge >= 0.3 is 0 Å². The van der Waals surface area contributed by atoms with Crippen LogP contribution in [0, 0.1) is 10.1 Å². The number of ether oxygens (including phenoxy) is 1. The zero-order valence-electron chi connectivity index (χ0n) is 11.7. The highest BCUT2D eigenvalue weighted by Gasteiger charge is 2.22. The van der Waals surface area contributed by atoms with Crippen LogP contribution >= 0.6 is 0 Å². The fourth-order valence-electron chi connectivity index (χ4n) is 2.78. The quantitative estimate of drug-likeness (QED) is 0.695. The third kappa shape index (κ3) is 2.60. The number of hydrogen-bond donors (Lipinski definition) is 1. The van der Waals surface area contributed by atoms with Crippen molar-refractivity contribution in [2.24, 2.45) is 0 Å². The van der Waals surface area contributed by atoms with Crippen LogP contribution in [0.1, 0.15) is 22.7 Å². The summed E-state index contributed by atoms with van der Waals surface area (Å²) in [5.41, 5.74) is 3.41. The smallest absolute Gasteiger partial charge is 0.269 e. The van der Waals surface area contributed by atoms with Gasteiger partial charge in [-0.15, -0.1) is 0 Å². The van der Waals surface area contributed by atoms with Gasteiger partial charge < -0.3 is 10.1 Å². The first-order chi connectivity index (χ1) is 10.2. The first-order valence-electron chi connectivity index (χ1n) is 6.83. The summed E-state index contributed by atoms with van der Waals surface area (Å²) in [6, 6.07) is 12.8. The second-order valence-electron chi connectivity index (χ2n) is 5.05. The number of benzene rings is 2. The van der Waals surface area contributed by atoms with Crippen molar-refractivity contribution < 1.29 is 9.66 Å². The molecule has 1 aliphatic heterocycles. The van der Waals surface area contributed by atoms with Crippen LogP contribution < -0.4 is 10.1 Å². The number of rotatable bonds is 3. The molecule has 1 unspecified atom stereocenters. The van der Waals surface area contributed by atoms with Gasteiger partial charge in [0.1, 0.15) is 5.75 Å². The summed E-state index contributed by atoms with van der Waals surface area (Å²) >= 11 is 0. The number of nitro benzene ring substituents is 1. The highest BCUT2D eigenvalue weighted by atomic mass is 16.6. The molecule has 2 aromatic rings. The van der Waals surface area contributed by atoms with Crippen LogP contribution in [0.2, 0.25) is 0 Å². The molecule has 0 bridgehead atoms. The van der Waals surface area contributed by atoms with Gasteiger partial charge in [0.15, 0.2) is 0 Å². The number of nitro groups is 1. The Morgan fingerprint density at radius 2 is 2.14 bits per heavy atom. The van der Waals surface area contributed by atoms with Crippen LogP contribution in [0.4, 0.5) is 5.69 Å². The van der Waals surface area contributed by atoms with E-state index >= 15 is 0 Å². The third-order valence-corrected chi connectivity index (χ3v) is 3.82. The summed E-state index contributed by atoms with van der Waals surface area (Å²) in [5.74, 6) is 0.841. The van der Waals surface area contributed by atoms with Crippen molar-refractivity contribution in [3.63, 3.8) is 0 Å². The van der Waals surface area contributed by atoms with Gasteiger partial charge in [-0.2, -0.15) is 0 Å². The molecular formula is C16H16N2O3. The zero-order valence-corrected chi connectivity index (χ0v) is 11.7. The number of nitrogens with zero attached hydrogens (tertiary/aromatic N) is 1. The van der Waals surface area contributed by atoms with E-state index in [1.807, 2.05) is 24.3 Å². The molecule has 0 fully saturated rings. The Morgan fingerprint density at radius 1 is 1.29 bits per heavy atom. The lowest BCUT2D eigenvalue weighted by Gasteiger charge is -2.27. The van der Waals surface area contributed by atoms with Gasteiger partial charge in [0.25, 0.3) is 5.69 Å². The van der Waals surface area contributed by atoms with Crippen molar-refractivity contribution in [2.75, 3.05) is 13.7 Å². The monoisotopic (exact) mass is 284 g/mol. The first kappa shape index (κ1) is 13.6. The Bertz CT molecular complexity index is 685. The lowest BCUT2D eigenvalue weighted by molar-refractivity contribution is -0.384. The third-order valence-electron chi connectivity index (χ3n) is 3.82. The molecule has 5 heteroatoms. The minimum absolute atomic E-state index is 0.0143. The summed E-state index contributed by atoms with van der Waals surface area (Å²) < 4.78 is 5.26. The van der Waals surface area contributed by atoms with Crippen molar-refractivity contribution in [1.29, 1.82) is 0 Å². The van der Waals surface area contributed by atoms with Crippen LogP contribution in [-0.2, 0) is 6.42 Å². The van der Waals surface area contributed by atoms with E-state index in [2.05, 4.69) is 5.32 Å². The lowest BCUT2D eigenvalue weighted by Crippen LogP contribution is -2.30. The van der Waals surface area contributed by atoms with Crippen molar-refractivity contribution in [1.82, 2.24) is 5.32 Å². The molecule has 0 aliphatic carbocycles. The van der Waals surface area contributed by atoms with Crippen molar-refractivity contribution in [3.8, 4) is 5.75 Å². The molecule has 2 aromatic carbocycles. The van der Waals surface area contributed by atoms with E-state index in [0.717, 1.165) is 29.8 Å². The predicted octanol–water partition coefficient (Wildman–Crippen LogP) is 2.84. The summed E-state index contributed by atoms with van der Waals surface area (Å²) in [6.07, 6.45) is 0.929. The normalized spacial score (nSPS) is 17.1. The van der Waals surface area contributed by atoms with Crippen LogP contribution in [0.3, 0.4) is 0 Å². The minimum Gasteiger partial charge on any atom is -0.497 e. The molecule has 3 rings (SSSR count). The summed E-state index contributed by atoms with van der Waals surface area (Å²) in [5, 5.41) is 14.4. The van der Waals surface area contributed by atoms with Gasteiger partial charge in [0.05, 0.1) is 18.1 Å². The molecule has 0 saturated carbocycles. The zero-order chi connectivity index (χ0) is 14.8. The molecule has 0 spiro atoms. The fraction of sp³-hybridized carbons (Fsp3) is 0.250. The maximum atomic E-state index is 10.9. The molecule has 0 amide bonds. The highest BCUT2D eigenvalue weighted by molar-refractivity contribution is 5.46. The van der Waals surface area contributed by atoms with E-state index in [0.29, 0.717) is 0 Å². The molecule has 21 heavy (non-hydrogen) atoms. The summed E-state index contributed by atoms with van der Waals surface area (Å²) in [4.78, 5) is 10.6. The second-order valence-corrected chi connectivity index (χ2v) is 5.05. The number of methoxy groups -OCH3 is 1. The number of hydrogen-bond acceptors (Lipinski definition) is 4. The molecule has 0 saturated heterocycles. The molecule has 5 nitrogen and oxygen atoms in total. The van der Waals surface area contributed by atoms with Gasteiger partial charge in [0, 0.05) is 18.7 Å². The largest absolute Gasteiger partial charge is 0.497 e. The number of nitrogens with one attached hydrogen (secondary N) is 1. The van der Waals surface area contributed by atoms with Gasteiger partial charge in [-0.3, -0.25) is 10.1 Å². The SMILES string of the molecule is COc1ccc2c(c1)CCNC2c1cccc([N+](=O)[O-])c1. The molecule has 108 valence electrons. The van der Waals surface area contributed by atoms with Gasteiger partial charge in [0.2, 0.25) is 0 Å². The second kappa shape index (κ2) is 5.54. The Kier molecular flexibility index (Phi) is 3.58. The maximum Gasteiger partial charge on any atom is 0.269 e. The average Bonchev–Trinajstić information content (AvgIpc) is 2.53. The minimum atomic E-state index is -0.360. The lowest BCUT2D eigenvalue weighted by atomic mass is 9.89. The standard InChI is InChI=1S/C16H16N2O3/c1-21-14-5-6-15-11(10-14)7-8-17-16(15)12-3-2-4-13(9-12)18(19)20/h2-6,9-10,16-17H,7-8H2,1H3. The maximum absolute atomic E-state index is 10.9. The van der Waals surface area contributed by atoms with Crippen LogP contribution in [0.15, 0.2) is 42.5 Å². The Morgan fingerprint density at radius 3 is 2.90 bits per heavy atom. The van der Waals surface area contributed by atoms with Crippen molar-refractivity contribution in [3.05, 3.63) is 69.3 Å². The molecular weight excluding hydrogens is 268 g/mol. The highest BCUT2D eigenvalue weighted by Crippen LogP contribution is 2.32. The van der Waals surface area contributed by atoms with Crippen molar-refractivity contribution >= 4 is 5.69 Å². The van der Waals surface area contributed by atoms with Crippen LogP contribution in [0.5, 0.6) is 5.75 Å². The van der Waals surface area contributed by atoms with Crippen LogP contribution in [0.25, 0.3) is 0 Å². The molecule has 1 N–H and O–H groups in total. The van der Waals surface area contributed by atoms with Gasteiger partial charge in [-0.05, 0) is 35.2 Å². The molecule has 1 atom stereocenters. The van der Waals surface area contributed by atoms with Crippen molar-refractivity contribution in [2.45, 2.75) is 12.5 Å². The first-order valence-corrected chi connectivity index (χ1v) is 6.83.